The van der Waals surface area contributed by atoms with Crippen LogP contribution in [-0.4, -0.2) is 44.7 Å². The predicted octanol–water partition coefficient (Wildman–Crippen LogP) is 2.14. The summed E-state index contributed by atoms with van der Waals surface area (Å²) in [5, 5.41) is 2.91. The van der Waals surface area contributed by atoms with Crippen LogP contribution in [0.4, 0.5) is 0 Å². The third-order valence-corrected chi connectivity index (χ3v) is 6.88. The second kappa shape index (κ2) is 8.22. The van der Waals surface area contributed by atoms with Gasteiger partial charge in [0, 0.05) is 19.3 Å². The van der Waals surface area contributed by atoms with E-state index in [0.29, 0.717) is 32.5 Å². The molecule has 5 heteroatoms. The molecule has 0 aromatic rings. The Morgan fingerprint density at radius 3 is 2.32 bits per heavy atom. The van der Waals surface area contributed by atoms with Gasteiger partial charge >= 0.3 is 0 Å². The highest BCUT2D eigenvalue weighted by Gasteiger charge is 2.37. The van der Waals surface area contributed by atoms with Gasteiger partial charge in [-0.25, -0.2) is 8.42 Å². The minimum Gasteiger partial charge on any atom is -0.381 e. The van der Waals surface area contributed by atoms with E-state index in [1.807, 2.05) is 13.8 Å². The molecule has 1 rings (SSSR count). The summed E-state index contributed by atoms with van der Waals surface area (Å²) in [6.07, 6.45) is 3.94. The van der Waals surface area contributed by atoms with Gasteiger partial charge in [-0.15, -0.1) is 0 Å². The summed E-state index contributed by atoms with van der Waals surface area (Å²) < 4.78 is 30.9. The van der Waals surface area contributed by atoms with Crippen LogP contribution < -0.4 is 5.32 Å². The zero-order valence-corrected chi connectivity index (χ0v) is 13.3. The van der Waals surface area contributed by atoms with Gasteiger partial charge in [-0.2, -0.15) is 0 Å². The van der Waals surface area contributed by atoms with Crippen molar-refractivity contribution in [2.24, 2.45) is 0 Å². The summed E-state index contributed by atoms with van der Waals surface area (Å²) >= 11 is 0. The molecule has 2 atom stereocenters. The lowest BCUT2D eigenvalue weighted by molar-refractivity contribution is 0.0980. The lowest BCUT2D eigenvalue weighted by Crippen LogP contribution is -2.48. The molecule has 0 amide bonds. The monoisotopic (exact) mass is 291 g/mol. The molecule has 0 spiro atoms. The van der Waals surface area contributed by atoms with Crippen molar-refractivity contribution in [2.45, 2.75) is 69.4 Å². The number of rotatable bonds is 8. The van der Waals surface area contributed by atoms with Crippen molar-refractivity contribution in [3.63, 3.8) is 0 Å². The van der Waals surface area contributed by atoms with Crippen LogP contribution in [0.1, 0.15) is 52.9 Å². The first-order valence-electron chi connectivity index (χ1n) is 7.61. The quantitative estimate of drug-likeness (QED) is 0.744. The van der Waals surface area contributed by atoms with E-state index >= 15 is 0 Å². The highest BCUT2D eigenvalue weighted by molar-refractivity contribution is 7.92. The molecule has 19 heavy (non-hydrogen) atoms. The average molecular weight is 291 g/mol. The molecule has 1 aliphatic heterocycles. The van der Waals surface area contributed by atoms with Crippen molar-refractivity contribution in [2.75, 3.05) is 19.8 Å². The molecule has 2 unspecified atom stereocenters. The minimum absolute atomic E-state index is 0.0906. The molecule has 0 aromatic carbocycles. The Morgan fingerprint density at radius 2 is 1.84 bits per heavy atom. The first kappa shape index (κ1) is 16.9. The van der Waals surface area contributed by atoms with Crippen LogP contribution in [0, 0.1) is 0 Å². The maximum absolute atomic E-state index is 12.8. The van der Waals surface area contributed by atoms with Crippen LogP contribution in [-0.2, 0) is 14.6 Å². The van der Waals surface area contributed by atoms with Crippen LogP contribution in [0.25, 0.3) is 0 Å². The summed E-state index contributed by atoms with van der Waals surface area (Å²) in [4.78, 5) is 0. The van der Waals surface area contributed by atoms with Gasteiger partial charge in [0.2, 0.25) is 0 Å². The maximum atomic E-state index is 12.8. The molecule has 1 N–H and O–H groups in total. The van der Waals surface area contributed by atoms with Gasteiger partial charge in [0.15, 0.2) is 9.84 Å². The van der Waals surface area contributed by atoms with E-state index in [4.69, 9.17) is 4.74 Å². The zero-order valence-electron chi connectivity index (χ0n) is 12.5. The Morgan fingerprint density at radius 1 is 1.21 bits per heavy atom. The predicted molar refractivity (Wildman–Crippen MR) is 79.2 cm³/mol. The van der Waals surface area contributed by atoms with Gasteiger partial charge in [-0.3, -0.25) is 0 Å². The molecule has 0 saturated carbocycles. The third kappa shape index (κ3) is 4.43. The third-order valence-electron chi connectivity index (χ3n) is 3.97. The molecule has 1 saturated heterocycles. The van der Waals surface area contributed by atoms with Crippen molar-refractivity contribution >= 4 is 9.84 Å². The summed E-state index contributed by atoms with van der Waals surface area (Å²) in [6.45, 7) is 8.13. The average Bonchev–Trinajstić information content (AvgIpc) is 2.41. The topological polar surface area (TPSA) is 55.4 Å². The minimum atomic E-state index is -3.06. The molecule has 1 fully saturated rings. The zero-order chi connectivity index (χ0) is 14.3. The van der Waals surface area contributed by atoms with Crippen LogP contribution in [0.5, 0.6) is 0 Å². The highest BCUT2D eigenvalue weighted by Crippen LogP contribution is 2.25. The number of ether oxygens (including phenoxy) is 1. The number of sulfone groups is 1. The van der Waals surface area contributed by atoms with Gasteiger partial charge in [0.25, 0.3) is 0 Å². The Kier molecular flexibility index (Phi) is 7.32. The largest absolute Gasteiger partial charge is 0.381 e. The van der Waals surface area contributed by atoms with Crippen LogP contribution in [0.3, 0.4) is 0 Å². The molecule has 0 radical (unpaired) electrons. The van der Waals surface area contributed by atoms with Gasteiger partial charge < -0.3 is 10.1 Å². The fourth-order valence-electron chi connectivity index (χ4n) is 2.99. The second-order valence-corrected chi connectivity index (χ2v) is 7.75. The summed E-state index contributed by atoms with van der Waals surface area (Å²) in [5.74, 6) is 0. The Hall–Kier alpha value is -0.130. The molecule has 0 aromatic heterocycles. The summed E-state index contributed by atoms with van der Waals surface area (Å²) in [6, 6.07) is 0.0906. The van der Waals surface area contributed by atoms with E-state index in [1.165, 1.54) is 0 Å². The van der Waals surface area contributed by atoms with Crippen molar-refractivity contribution in [3.8, 4) is 0 Å². The molecule has 1 aliphatic rings. The van der Waals surface area contributed by atoms with Crippen molar-refractivity contribution in [1.82, 2.24) is 5.32 Å². The second-order valence-electron chi connectivity index (χ2n) is 5.30. The molecule has 0 aliphatic carbocycles. The summed E-state index contributed by atoms with van der Waals surface area (Å²) in [5.41, 5.74) is 0. The van der Waals surface area contributed by atoms with Crippen LogP contribution >= 0.6 is 0 Å². The molecular formula is C14H29NO3S. The molecule has 0 bridgehead atoms. The number of nitrogens with one attached hydrogen (secondary N) is 1. The van der Waals surface area contributed by atoms with Crippen molar-refractivity contribution in [1.29, 1.82) is 0 Å². The number of hydrogen-bond acceptors (Lipinski definition) is 4. The summed E-state index contributed by atoms with van der Waals surface area (Å²) in [7, 11) is -3.06. The van der Waals surface area contributed by atoms with Crippen LogP contribution in [0.2, 0.25) is 0 Å². The standard InChI is InChI=1S/C14H29NO3S/c1-4-7-13(15-6-3)14(5-2)19(16,17)12-8-10-18-11-9-12/h12-15H,4-11H2,1-3H3. The van der Waals surface area contributed by atoms with Gasteiger partial charge in [-0.05, 0) is 32.2 Å². The molecular weight excluding hydrogens is 262 g/mol. The highest BCUT2D eigenvalue weighted by atomic mass is 32.2. The fourth-order valence-corrected chi connectivity index (χ4v) is 5.49. The van der Waals surface area contributed by atoms with E-state index in [1.54, 1.807) is 0 Å². The Bertz CT molecular complexity index is 331. The van der Waals surface area contributed by atoms with Gasteiger partial charge in [0.05, 0.1) is 10.5 Å². The fraction of sp³-hybridized carbons (Fsp3) is 1.00. The normalized spacial score (nSPS) is 21.2. The first-order chi connectivity index (χ1) is 9.07. The van der Waals surface area contributed by atoms with Crippen LogP contribution in [0.15, 0.2) is 0 Å². The SMILES string of the molecule is CCCC(NCC)C(CC)S(=O)(=O)C1CCOCC1. The van der Waals surface area contributed by atoms with E-state index in [9.17, 15) is 8.42 Å². The van der Waals surface area contributed by atoms with Gasteiger partial charge in [0.1, 0.15) is 0 Å². The first-order valence-corrected chi connectivity index (χ1v) is 9.22. The van der Waals surface area contributed by atoms with E-state index in [2.05, 4.69) is 12.2 Å². The lowest BCUT2D eigenvalue weighted by atomic mass is 10.1. The van der Waals surface area contributed by atoms with E-state index < -0.39 is 9.84 Å². The molecule has 1 heterocycles. The maximum Gasteiger partial charge on any atom is 0.157 e. The molecule has 114 valence electrons. The molecule has 4 nitrogen and oxygen atoms in total. The van der Waals surface area contributed by atoms with Gasteiger partial charge in [-0.1, -0.05) is 27.2 Å². The Labute approximate surface area is 118 Å². The lowest BCUT2D eigenvalue weighted by Gasteiger charge is -2.32. The van der Waals surface area contributed by atoms with E-state index in [-0.39, 0.29) is 16.5 Å². The smallest absolute Gasteiger partial charge is 0.157 e. The van der Waals surface area contributed by atoms with Crippen molar-refractivity contribution in [3.05, 3.63) is 0 Å². The van der Waals surface area contributed by atoms with E-state index in [0.717, 1.165) is 19.4 Å². The van der Waals surface area contributed by atoms with Crippen molar-refractivity contribution < 1.29 is 13.2 Å². The number of hydrogen-bond donors (Lipinski definition) is 1. The Balaban J connectivity index is 2.84.